The third kappa shape index (κ3) is 5.50. The van der Waals surface area contributed by atoms with E-state index in [2.05, 4.69) is 16.7 Å². The first-order valence-corrected chi connectivity index (χ1v) is 11.1. The van der Waals surface area contributed by atoms with Crippen molar-refractivity contribution < 1.29 is 28.6 Å². The fourth-order valence-electron chi connectivity index (χ4n) is 3.50. The molecule has 176 valence electrons. The second kappa shape index (κ2) is 11.2. The van der Waals surface area contributed by atoms with Crippen LogP contribution in [0.3, 0.4) is 0 Å². The molecule has 1 heterocycles. The molecule has 2 aromatic rings. The van der Waals surface area contributed by atoms with E-state index in [1.165, 1.54) is 14.2 Å². The minimum absolute atomic E-state index is 0.0644. The van der Waals surface area contributed by atoms with Crippen LogP contribution in [-0.2, 0) is 19.1 Å². The number of nitrogens with one attached hydrogen (secondary N) is 2. The Balaban J connectivity index is 1.85. The first-order valence-electron chi connectivity index (χ1n) is 10.2. The van der Waals surface area contributed by atoms with Crippen LogP contribution in [0.1, 0.15) is 11.5 Å². The normalized spacial score (nSPS) is 17.3. The third-order valence-electron chi connectivity index (χ3n) is 5.18. The molecule has 9 nitrogen and oxygen atoms in total. The molecule has 0 saturated carbocycles. The second-order valence-corrected chi connectivity index (χ2v) is 8.15. The Labute approximate surface area is 201 Å². The number of anilines is 1. The van der Waals surface area contributed by atoms with Crippen molar-refractivity contribution in [2.75, 3.05) is 32.4 Å². The molecule has 34 heavy (non-hydrogen) atoms. The molecule has 2 aromatic carbocycles. The van der Waals surface area contributed by atoms with Gasteiger partial charge in [-0.1, -0.05) is 23.9 Å². The van der Waals surface area contributed by atoms with Crippen LogP contribution in [0.15, 0.2) is 59.1 Å². The number of rotatable bonds is 8. The van der Waals surface area contributed by atoms with Gasteiger partial charge in [0, 0.05) is 11.6 Å². The highest BCUT2D eigenvalue weighted by Gasteiger charge is 2.44. The molecule has 10 heteroatoms. The van der Waals surface area contributed by atoms with E-state index in [0.717, 1.165) is 11.8 Å². The van der Waals surface area contributed by atoms with E-state index in [4.69, 9.17) is 14.2 Å². The maximum Gasteiger partial charge on any atom is 0.319 e. The van der Waals surface area contributed by atoms with E-state index >= 15 is 0 Å². The zero-order chi connectivity index (χ0) is 24.7. The van der Waals surface area contributed by atoms with Crippen molar-refractivity contribution >= 4 is 35.2 Å². The summed E-state index contributed by atoms with van der Waals surface area (Å²) in [5, 5.41) is 15.5. The number of esters is 1. The number of carbonyl (C=O) groups excluding carboxylic acids is 3. The molecule has 0 bridgehead atoms. The van der Waals surface area contributed by atoms with E-state index in [9.17, 15) is 19.6 Å². The van der Waals surface area contributed by atoms with Gasteiger partial charge in [-0.25, -0.2) is 0 Å². The van der Waals surface area contributed by atoms with Crippen LogP contribution in [0.25, 0.3) is 0 Å². The topological polar surface area (TPSA) is 127 Å². The van der Waals surface area contributed by atoms with Crippen LogP contribution < -0.4 is 20.1 Å². The zero-order valence-electron chi connectivity index (χ0n) is 18.8. The summed E-state index contributed by atoms with van der Waals surface area (Å²) in [7, 11) is 4.25. The molecule has 3 rings (SSSR count). The van der Waals surface area contributed by atoms with E-state index in [-0.39, 0.29) is 22.3 Å². The predicted molar refractivity (Wildman–Crippen MR) is 126 cm³/mol. The maximum absolute atomic E-state index is 12.9. The smallest absolute Gasteiger partial charge is 0.319 e. The van der Waals surface area contributed by atoms with E-state index < -0.39 is 23.7 Å². The van der Waals surface area contributed by atoms with Gasteiger partial charge in [0.1, 0.15) is 17.4 Å². The van der Waals surface area contributed by atoms with E-state index in [1.807, 2.05) is 0 Å². The lowest BCUT2D eigenvalue weighted by atomic mass is 9.78. The molecule has 0 unspecified atom stereocenters. The van der Waals surface area contributed by atoms with E-state index in [0.29, 0.717) is 22.7 Å². The summed E-state index contributed by atoms with van der Waals surface area (Å²) in [5.41, 5.74) is 1.32. The number of nitriles is 1. The number of hydrogen-bond acceptors (Lipinski definition) is 8. The van der Waals surface area contributed by atoms with Gasteiger partial charge in [-0.15, -0.1) is 0 Å². The fraction of sp³-hybridized carbons (Fsp3) is 0.250. The molecule has 1 aliphatic rings. The van der Waals surface area contributed by atoms with Crippen molar-refractivity contribution in [2.45, 2.75) is 5.92 Å². The Morgan fingerprint density at radius 2 is 1.62 bits per heavy atom. The Kier molecular flexibility index (Phi) is 8.16. The highest BCUT2D eigenvalue weighted by atomic mass is 32.2. The van der Waals surface area contributed by atoms with Gasteiger partial charge >= 0.3 is 5.97 Å². The lowest BCUT2D eigenvalue weighted by Crippen LogP contribution is -2.44. The van der Waals surface area contributed by atoms with Crippen molar-refractivity contribution in [3.8, 4) is 17.6 Å². The molecule has 2 amide bonds. The summed E-state index contributed by atoms with van der Waals surface area (Å²) in [6, 6.07) is 15.7. The number of allylic oxidation sites excluding steroid dienone is 1. The highest BCUT2D eigenvalue weighted by molar-refractivity contribution is 8.03. The van der Waals surface area contributed by atoms with Crippen LogP contribution >= 0.6 is 11.8 Å². The fourth-order valence-corrected chi connectivity index (χ4v) is 4.35. The minimum Gasteiger partial charge on any atom is -0.497 e. The lowest BCUT2D eigenvalue weighted by molar-refractivity contribution is -0.150. The molecular weight excluding hydrogens is 458 g/mol. The largest absolute Gasteiger partial charge is 0.497 e. The number of carbonyl (C=O) groups is 3. The first-order chi connectivity index (χ1) is 16.4. The van der Waals surface area contributed by atoms with Crippen molar-refractivity contribution in [1.29, 1.82) is 5.26 Å². The van der Waals surface area contributed by atoms with Gasteiger partial charge in [-0.3, -0.25) is 14.4 Å². The van der Waals surface area contributed by atoms with Crippen molar-refractivity contribution in [3.63, 3.8) is 0 Å². The molecule has 2 atom stereocenters. The second-order valence-electron chi connectivity index (χ2n) is 7.16. The number of benzene rings is 2. The maximum atomic E-state index is 12.9. The van der Waals surface area contributed by atoms with Gasteiger partial charge in [0.25, 0.3) is 0 Å². The molecule has 0 saturated heterocycles. The van der Waals surface area contributed by atoms with Crippen LogP contribution in [0.5, 0.6) is 11.5 Å². The summed E-state index contributed by atoms with van der Waals surface area (Å²) in [6.45, 7) is 0. The summed E-state index contributed by atoms with van der Waals surface area (Å²) in [4.78, 5) is 37.8. The number of amides is 2. The molecule has 2 N–H and O–H groups in total. The number of ether oxygens (including phenoxy) is 3. The highest BCUT2D eigenvalue weighted by Crippen LogP contribution is 2.40. The molecule has 0 fully saturated rings. The predicted octanol–water partition coefficient (Wildman–Crippen LogP) is 2.81. The van der Waals surface area contributed by atoms with Crippen LogP contribution in [0, 0.1) is 17.2 Å². The van der Waals surface area contributed by atoms with Gasteiger partial charge in [0.2, 0.25) is 11.8 Å². The molecule has 1 aliphatic heterocycles. The van der Waals surface area contributed by atoms with Gasteiger partial charge in [0.15, 0.2) is 0 Å². The monoisotopic (exact) mass is 481 g/mol. The number of methoxy groups -OCH3 is 3. The number of hydrogen-bond donors (Lipinski definition) is 2. The molecule has 0 aliphatic carbocycles. The average molecular weight is 482 g/mol. The Hall–Kier alpha value is -3.97. The van der Waals surface area contributed by atoms with Crippen molar-refractivity contribution in [1.82, 2.24) is 5.32 Å². The zero-order valence-corrected chi connectivity index (χ0v) is 19.6. The van der Waals surface area contributed by atoms with Gasteiger partial charge in [-0.05, 0) is 42.0 Å². The van der Waals surface area contributed by atoms with Crippen LogP contribution in [0.4, 0.5) is 5.69 Å². The van der Waals surface area contributed by atoms with Gasteiger partial charge < -0.3 is 24.8 Å². The summed E-state index contributed by atoms with van der Waals surface area (Å²) >= 11 is 1.01. The molecule has 0 spiro atoms. The SMILES string of the molecule is COC(=O)[C@@H]1C(=O)NC(SCC(=O)Nc2ccc(OC)cc2)=C(C#N)[C@@H]1c1ccc(OC)cc1. The van der Waals surface area contributed by atoms with Crippen LogP contribution in [0.2, 0.25) is 0 Å². The van der Waals surface area contributed by atoms with Crippen LogP contribution in [-0.4, -0.2) is 44.9 Å². The summed E-state index contributed by atoms with van der Waals surface area (Å²) < 4.78 is 15.1. The minimum atomic E-state index is -1.24. The Bertz CT molecular complexity index is 1140. The Morgan fingerprint density at radius 1 is 1.03 bits per heavy atom. The quantitative estimate of drug-likeness (QED) is 0.435. The third-order valence-corrected chi connectivity index (χ3v) is 6.20. The summed E-state index contributed by atoms with van der Waals surface area (Å²) in [6.07, 6.45) is 0. The van der Waals surface area contributed by atoms with Gasteiger partial charge in [0.05, 0.1) is 43.8 Å². The van der Waals surface area contributed by atoms with Crippen molar-refractivity contribution in [2.24, 2.45) is 5.92 Å². The number of nitrogens with zero attached hydrogens (tertiary/aromatic N) is 1. The average Bonchev–Trinajstić information content (AvgIpc) is 2.87. The van der Waals surface area contributed by atoms with Crippen molar-refractivity contribution in [3.05, 3.63) is 64.7 Å². The first kappa shape index (κ1) is 24.7. The van der Waals surface area contributed by atoms with E-state index in [1.54, 1.807) is 55.6 Å². The molecule has 0 aromatic heterocycles. The molecular formula is C24H23N3O6S. The number of thioether (sulfide) groups is 1. The van der Waals surface area contributed by atoms with Gasteiger partial charge in [-0.2, -0.15) is 5.26 Å². The summed E-state index contributed by atoms with van der Waals surface area (Å²) in [5.74, 6) is -2.63. The standard InChI is InChI=1S/C24H23N3O6S/c1-31-16-8-4-14(5-9-16)20-18(12-25)23(27-22(29)21(20)24(30)33-3)34-13-19(28)26-15-6-10-17(32-2)11-7-15/h4-11,20-21H,13H2,1-3H3,(H,26,28)(H,27,29)/t20-,21-/m0/s1. The Morgan fingerprint density at radius 3 is 2.15 bits per heavy atom. The molecule has 0 radical (unpaired) electrons. The lowest BCUT2D eigenvalue weighted by Gasteiger charge is -2.31.